The van der Waals surface area contributed by atoms with E-state index in [1.54, 1.807) is 0 Å². The molecule has 0 fully saturated rings. The fourth-order valence-corrected chi connectivity index (χ4v) is 1.80. The summed E-state index contributed by atoms with van der Waals surface area (Å²) in [6.45, 7) is 1.21. The van der Waals surface area contributed by atoms with Gasteiger partial charge in [-0.05, 0) is 12.1 Å². The largest absolute Gasteiger partial charge is 0.273 e. The van der Waals surface area contributed by atoms with Crippen molar-refractivity contribution in [3.8, 4) is 0 Å². The molecule has 0 spiro atoms. The van der Waals surface area contributed by atoms with Crippen LogP contribution in [0.1, 0.15) is 6.92 Å². The minimum Gasteiger partial charge on any atom is -0.273 e. The van der Waals surface area contributed by atoms with E-state index in [1.165, 1.54) is 55.5 Å². The molecular weight excluding hydrogens is 318 g/mol. The third-order valence-corrected chi connectivity index (χ3v) is 2.87. The molecule has 0 saturated carbocycles. The second-order valence-electron chi connectivity index (χ2n) is 4.57. The van der Waals surface area contributed by atoms with Gasteiger partial charge in [-0.15, -0.1) is 5.11 Å². The predicted octanol–water partition coefficient (Wildman–Crippen LogP) is 3.55. The smallest absolute Gasteiger partial charge is 0.271 e. The van der Waals surface area contributed by atoms with Gasteiger partial charge in [-0.3, -0.25) is 25.0 Å². The van der Waals surface area contributed by atoms with Crippen molar-refractivity contribution >= 4 is 28.7 Å². The van der Waals surface area contributed by atoms with E-state index in [9.17, 15) is 25.0 Å². The molecule has 0 aliphatic carbocycles. The SMILES string of the molecule is CC(=O)N(N=Nc1cccc([N+](=O)[O-])c1)c1cccc([N+](=O)[O-])c1. The number of nitro benzene ring substituents is 2. The molecule has 0 aromatic heterocycles. The van der Waals surface area contributed by atoms with E-state index < -0.39 is 15.8 Å². The Morgan fingerprint density at radius 3 is 2.17 bits per heavy atom. The van der Waals surface area contributed by atoms with Crippen molar-refractivity contribution in [1.29, 1.82) is 0 Å². The number of benzene rings is 2. The summed E-state index contributed by atoms with van der Waals surface area (Å²) in [4.78, 5) is 32.1. The fourth-order valence-electron chi connectivity index (χ4n) is 1.80. The van der Waals surface area contributed by atoms with E-state index >= 15 is 0 Å². The maximum Gasteiger partial charge on any atom is 0.271 e. The summed E-state index contributed by atoms with van der Waals surface area (Å²) in [5, 5.41) is 29.9. The van der Waals surface area contributed by atoms with Crippen molar-refractivity contribution in [3.05, 3.63) is 68.8 Å². The van der Waals surface area contributed by atoms with Crippen LogP contribution in [0.15, 0.2) is 58.9 Å². The van der Waals surface area contributed by atoms with Crippen molar-refractivity contribution in [1.82, 2.24) is 0 Å². The number of anilines is 1. The van der Waals surface area contributed by atoms with Gasteiger partial charge >= 0.3 is 0 Å². The average molecular weight is 329 g/mol. The molecule has 0 aliphatic heterocycles. The first kappa shape index (κ1) is 16.7. The molecule has 0 N–H and O–H groups in total. The van der Waals surface area contributed by atoms with Crippen molar-refractivity contribution in [2.24, 2.45) is 10.3 Å². The first-order chi connectivity index (χ1) is 11.4. The van der Waals surface area contributed by atoms with Gasteiger partial charge in [0.05, 0.1) is 21.2 Å². The molecule has 0 atom stereocenters. The molecule has 0 heterocycles. The summed E-state index contributed by atoms with van der Waals surface area (Å²) in [5.74, 6) is -0.523. The molecule has 0 bridgehead atoms. The number of nitrogens with zero attached hydrogens (tertiary/aromatic N) is 5. The number of hydrogen-bond donors (Lipinski definition) is 0. The highest BCUT2D eigenvalue weighted by atomic mass is 16.6. The van der Waals surface area contributed by atoms with Crippen LogP contribution in [0.4, 0.5) is 22.7 Å². The first-order valence-corrected chi connectivity index (χ1v) is 6.60. The molecule has 0 unspecified atom stereocenters. The van der Waals surface area contributed by atoms with E-state index in [2.05, 4.69) is 10.3 Å². The van der Waals surface area contributed by atoms with Crippen LogP contribution in [0.3, 0.4) is 0 Å². The number of nitro groups is 2. The molecule has 0 saturated heterocycles. The van der Waals surface area contributed by atoms with Crippen molar-refractivity contribution in [2.75, 3.05) is 5.01 Å². The van der Waals surface area contributed by atoms with E-state index in [0.717, 1.165) is 5.01 Å². The molecular formula is C14H11N5O5. The van der Waals surface area contributed by atoms with Gasteiger partial charge in [0.2, 0.25) is 5.91 Å². The van der Waals surface area contributed by atoms with Crippen molar-refractivity contribution in [3.63, 3.8) is 0 Å². The molecule has 122 valence electrons. The predicted molar refractivity (Wildman–Crippen MR) is 83.9 cm³/mol. The van der Waals surface area contributed by atoms with Crippen LogP contribution in [0, 0.1) is 20.2 Å². The van der Waals surface area contributed by atoms with Crippen LogP contribution < -0.4 is 5.01 Å². The summed E-state index contributed by atoms with van der Waals surface area (Å²) in [6.07, 6.45) is 0. The van der Waals surface area contributed by atoms with Gasteiger partial charge in [0, 0.05) is 31.2 Å². The van der Waals surface area contributed by atoms with Gasteiger partial charge in [0.25, 0.3) is 11.4 Å². The Balaban J connectivity index is 2.34. The molecule has 10 nitrogen and oxygen atoms in total. The average Bonchev–Trinajstić information content (AvgIpc) is 2.55. The highest BCUT2D eigenvalue weighted by Gasteiger charge is 2.15. The normalized spacial score (nSPS) is 10.5. The Morgan fingerprint density at radius 1 is 1.00 bits per heavy atom. The zero-order chi connectivity index (χ0) is 17.7. The number of carbonyl (C=O) groups excluding carboxylic acids is 1. The van der Waals surface area contributed by atoms with E-state index in [4.69, 9.17) is 0 Å². The lowest BCUT2D eigenvalue weighted by Gasteiger charge is -2.12. The third kappa shape index (κ3) is 3.94. The van der Waals surface area contributed by atoms with Crippen LogP contribution in [-0.2, 0) is 4.79 Å². The summed E-state index contributed by atoms with van der Waals surface area (Å²) in [5.41, 5.74) is -0.0489. The van der Waals surface area contributed by atoms with Crippen molar-refractivity contribution in [2.45, 2.75) is 6.92 Å². The monoisotopic (exact) mass is 329 g/mol. The van der Waals surface area contributed by atoms with Crippen LogP contribution in [0.5, 0.6) is 0 Å². The van der Waals surface area contributed by atoms with E-state index in [-0.39, 0.29) is 22.7 Å². The molecule has 0 aliphatic rings. The summed E-state index contributed by atoms with van der Waals surface area (Å²) < 4.78 is 0. The number of non-ortho nitro benzene ring substituents is 2. The van der Waals surface area contributed by atoms with Gasteiger partial charge < -0.3 is 0 Å². The summed E-state index contributed by atoms with van der Waals surface area (Å²) >= 11 is 0. The lowest BCUT2D eigenvalue weighted by atomic mass is 10.3. The van der Waals surface area contributed by atoms with E-state index in [1.807, 2.05) is 0 Å². The molecule has 2 rings (SSSR count). The number of rotatable bonds is 5. The summed E-state index contributed by atoms with van der Waals surface area (Å²) in [7, 11) is 0. The zero-order valence-corrected chi connectivity index (χ0v) is 12.4. The van der Waals surface area contributed by atoms with Gasteiger partial charge in [-0.1, -0.05) is 17.4 Å². The Kier molecular flexibility index (Phi) is 4.90. The topological polar surface area (TPSA) is 131 Å². The third-order valence-electron chi connectivity index (χ3n) is 2.87. The van der Waals surface area contributed by atoms with Gasteiger partial charge in [-0.2, -0.15) is 5.01 Å². The maximum atomic E-state index is 11.7. The second kappa shape index (κ2) is 7.05. The Bertz CT molecular complexity index is 836. The van der Waals surface area contributed by atoms with Crippen LogP contribution in [-0.4, -0.2) is 15.8 Å². The highest BCUT2D eigenvalue weighted by Crippen LogP contribution is 2.24. The summed E-state index contributed by atoms with van der Waals surface area (Å²) in [6, 6.07) is 10.7. The maximum absolute atomic E-state index is 11.7. The quantitative estimate of drug-likeness (QED) is 0.470. The molecule has 0 radical (unpaired) electrons. The Hall–Kier alpha value is -3.69. The van der Waals surface area contributed by atoms with Gasteiger partial charge in [0.1, 0.15) is 0 Å². The van der Waals surface area contributed by atoms with E-state index in [0.29, 0.717) is 0 Å². The highest BCUT2D eigenvalue weighted by molar-refractivity contribution is 5.90. The number of amides is 1. The van der Waals surface area contributed by atoms with Crippen LogP contribution >= 0.6 is 0 Å². The van der Waals surface area contributed by atoms with Gasteiger partial charge in [0.15, 0.2) is 0 Å². The lowest BCUT2D eigenvalue weighted by molar-refractivity contribution is -0.385. The van der Waals surface area contributed by atoms with Crippen molar-refractivity contribution < 1.29 is 14.6 Å². The second-order valence-corrected chi connectivity index (χ2v) is 4.57. The minimum atomic E-state index is -0.598. The lowest BCUT2D eigenvalue weighted by Crippen LogP contribution is -2.21. The Morgan fingerprint density at radius 2 is 1.58 bits per heavy atom. The zero-order valence-electron chi connectivity index (χ0n) is 12.4. The van der Waals surface area contributed by atoms with Crippen LogP contribution in [0.25, 0.3) is 0 Å². The fraction of sp³-hybridized carbons (Fsp3) is 0.0714. The number of carbonyl (C=O) groups is 1. The molecule has 1 amide bonds. The number of hydrogen-bond acceptors (Lipinski definition) is 7. The molecule has 2 aromatic rings. The standard InChI is InChI=1S/C14H11N5O5/c1-10(20)17(12-5-3-7-14(9-12)19(23)24)16-15-11-4-2-6-13(8-11)18(21)22/h2-9H,1H3. The molecule has 2 aromatic carbocycles. The first-order valence-electron chi connectivity index (χ1n) is 6.60. The minimum absolute atomic E-state index is 0.158. The molecule has 24 heavy (non-hydrogen) atoms. The van der Waals surface area contributed by atoms with Gasteiger partial charge in [-0.25, -0.2) is 0 Å². The molecule has 10 heteroatoms. The van der Waals surface area contributed by atoms with Crippen LogP contribution in [0.2, 0.25) is 0 Å². The Labute approximate surface area is 135 Å².